The number of Topliss-reactive ketones (excluding diaryl/α,β-unsaturated/α-hetero) is 1. The van der Waals surface area contributed by atoms with Crippen molar-refractivity contribution in [2.45, 2.75) is 38.5 Å². The topological polar surface area (TPSA) is 76.6 Å². The molecule has 1 amide bonds. The van der Waals surface area contributed by atoms with E-state index >= 15 is 0 Å². The Labute approximate surface area is 161 Å². The molecular weight excluding hydrogens is 364 g/mol. The van der Waals surface area contributed by atoms with Crippen LogP contribution in [0.5, 0.6) is 0 Å². The van der Waals surface area contributed by atoms with Gasteiger partial charge in [0.15, 0.2) is 17.5 Å². The van der Waals surface area contributed by atoms with Gasteiger partial charge in [-0.3, -0.25) is 19.3 Å². The van der Waals surface area contributed by atoms with E-state index in [2.05, 4.69) is 4.98 Å². The Balaban J connectivity index is 1.30. The first-order chi connectivity index (χ1) is 13.1. The molecule has 0 radical (unpaired) electrons. The molecule has 4 rings (SSSR count). The summed E-state index contributed by atoms with van der Waals surface area (Å²) in [5, 5.41) is 2.37. The number of anilines is 1. The standard InChI is InChI=1S/C20H20N2O4S/c23-17(15-7-6-13-3-1-4-14(13)9-15)11-26-19(25)10-16-12-27-20(21-16)22-8-2-5-18(22)24/h6-7,9,12H,1-5,8,10-11H2. The molecule has 1 aromatic heterocycles. The first-order valence-corrected chi connectivity index (χ1v) is 10.0. The molecule has 2 aromatic rings. The predicted octanol–water partition coefficient (Wildman–Crippen LogP) is 2.73. The summed E-state index contributed by atoms with van der Waals surface area (Å²) in [6.45, 7) is 0.407. The van der Waals surface area contributed by atoms with E-state index in [1.54, 1.807) is 16.3 Å². The number of esters is 1. The molecule has 2 heterocycles. The van der Waals surface area contributed by atoms with E-state index in [1.807, 2.05) is 12.1 Å². The van der Waals surface area contributed by atoms with Crippen molar-refractivity contribution in [3.63, 3.8) is 0 Å². The van der Waals surface area contributed by atoms with Gasteiger partial charge in [0, 0.05) is 23.9 Å². The number of aromatic nitrogens is 1. The Morgan fingerprint density at radius 2 is 2.00 bits per heavy atom. The minimum absolute atomic E-state index is 0.00397. The average Bonchev–Trinajstić information content (AvgIpc) is 3.39. The lowest BCUT2D eigenvalue weighted by Crippen LogP contribution is -2.23. The van der Waals surface area contributed by atoms with Crippen molar-refractivity contribution in [3.05, 3.63) is 46.0 Å². The zero-order valence-electron chi connectivity index (χ0n) is 14.9. The Bertz CT molecular complexity index is 905. The number of carbonyl (C=O) groups excluding carboxylic acids is 3. The van der Waals surface area contributed by atoms with E-state index in [4.69, 9.17) is 4.74 Å². The van der Waals surface area contributed by atoms with Gasteiger partial charge in [0.25, 0.3) is 0 Å². The van der Waals surface area contributed by atoms with Gasteiger partial charge in [0.1, 0.15) is 0 Å². The highest BCUT2D eigenvalue weighted by Crippen LogP contribution is 2.26. The molecule has 27 heavy (non-hydrogen) atoms. The molecule has 0 bridgehead atoms. The van der Waals surface area contributed by atoms with Crippen molar-refractivity contribution in [2.75, 3.05) is 18.1 Å². The third-order valence-electron chi connectivity index (χ3n) is 4.95. The van der Waals surface area contributed by atoms with Crippen molar-refractivity contribution in [3.8, 4) is 0 Å². The van der Waals surface area contributed by atoms with Crippen molar-refractivity contribution in [1.29, 1.82) is 0 Å². The zero-order chi connectivity index (χ0) is 18.8. The monoisotopic (exact) mass is 384 g/mol. The zero-order valence-corrected chi connectivity index (χ0v) is 15.7. The second-order valence-electron chi connectivity index (χ2n) is 6.87. The lowest BCUT2D eigenvalue weighted by molar-refractivity contribution is -0.141. The molecule has 0 N–H and O–H groups in total. The van der Waals surface area contributed by atoms with Gasteiger partial charge >= 0.3 is 5.97 Å². The number of fused-ring (bicyclic) bond motifs is 1. The highest BCUT2D eigenvalue weighted by atomic mass is 32.1. The van der Waals surface area contributed by atoms with Crippen LogP contribution < -0.4 is 4.90 Å². The van der Waals surface area contributed by atoms with Gasteiger partial charge in [-0.1, -0.05) is 12.1 Å². The number of aryl methyl sites for hydroxylation is 2. The number of amides is 1. The van der Waals surface area contributed by atoms with Crippen LogP contribution in [0.4, 0.5) is 5.13 Å². The molecule has 0 saturated carbocycles. The fourth-order valence-electron chi connectivity index (χ4n) is 3.53. The molecule has 6 nitrogen and oxygen atoms in total. The quantitative estimate of drug-likeness (QED) is 0.565. The van der Waals surface area contributed by atoms with E-state index in [1.165, 1.54) is 22.5 Å². The van der Waals surface area contributed by atoms with Crippen LogP contribution in [0, 0.1) is 0 Å². The van der Waals surface area contributed by atoms with E-state index < -0.39 is 5.97 Å². The molecule has 0 unspecified atom stereocenters. The number of rotatable bonds is 6. The Morgan fingerprint density at radius 3 is 2.81 bits per heavy atom. The first-order valence-electron chi connectivity index (χ1n) is 9.15. The van der Waals surface area contributed by atoms with Gasteiger partial charge in [0.2, 0.25) is 5.91 Å². The van der Waals surface area contributed by atoms with Crippen molar-refractivity contribution >= 4 is 34.1 Å². The summed E-state index contributed by atoms with van der Waals surface area (Å²) < 4.78 is 5.13. The molecule has 1 fully saturated rings. The number of ether oxygens (including phenoxy) is 1. The van der Waals surface area contributed by atoms with Crippen molar-refractivity contribution in [1.82, 2.24) is 4.98 Å². The van der Waals surface area contributed by atoms with Crippen LogP contribution in [0.2, 0.25) is 0 Å². The van der Waals surface area contributed by atoms with E-state index in [0.29, 0.717) is 29.4 Å². The maximum Gasteiger partial charge on any atom is 0.312 e. The molecule has 1 saturated heterocycles. The lowest BCUT2D eigenvalue weighted by Gasteiger charge is -2.10. The summed E-state index contributed by atoms with van der Waals surface area (Å²) in [5.41, 5.74) is 3.68. The minimum Gasteiger partial charge on any atom is -0.457 e. The van der Waals surface area contributed by atoms with Gasteiger partial charge in [-0.25, -0.2) is 4.98 Å². The number of ketones is 1. The van der Waals surface area contributed by atoms with Crippen molar-refractivity contribution < 1.29 is 19.1 Å². The summed E-state index contributed by atoms with van der Waals surface area (Å²) in [5.74, 6) is -0.618. The van der Waals surface area contributed by atoms with Gasteiger partial charge in [-0.15, -0.1) is 11.3 Å². The number of nitrogens with zero attached hydrogens (tertiary/aromatic N) is 2. The molecule has 1 aromatic carbocycles. The molecule has 0 spiro atoms. The fraction of sp³-hybridized carbons (Fsp3) is 0.400. The highest BCUT2D eigenvalue weighted by molar-refractivity contribution is 7.14. The summed E-state index contributed by atoms with van der Waals surface area (Å²) in [4.78, 5) is 42.1. The lowest BCUT2D eigenvalue weighted by atomic mass is 10.0. The summed E-state index contributed by atoms with van der Waals surface area (Å²) in [6.07, 6.45) is 4.57. The van der Waals surface area contributed by atoms with Crippen LogP contribution in [-0.2, 0) is 33.6 Å². The third-order valence-corrected chi connectivity index (χ3v) is 5.87. The first kappa shape index (κ1) is 17.9. The van der Waals surface area contributed by atoms with Gasteiger partial charge < -0.3 is 4.74 Å². The largest absolute Gasteiger partial charge is 0.457 e. The molecular formula is C20H20N2O4S. The molecule has 2 aliphatic rings. The number of hydrogen-bond donors (Lipinski definition) is 0. The normalized spacial score (nSPS) is 15.9. The average molecular weight is 384 g/mol. The van der Waals surface area contributed by atoms with Crippen LogP contribution >= 0.6 is 11.3 Å². The summed E-state index contributed by atoms with van der Waals surface area (Å²) in [7, 11) is 0. The molecule has 1 aliphatic heterocycles. The second-order valence-corrected chi connectivity index (χ2v) is 7.70. The maximum absolute atomic E-state index is 12.3. The van der Waals surface area contributed by atoms with E-state index in [-0.39, 0.29) is 24.7 Å². The van der Waals surface area contributed by atoms with E-state index in [9.17, 15) is 14.4 Å². The fourth-order valence-corrected chi connectivity index (χ4v) is 4.39. The highest BCUT2D eigenvalue weighted by Gasteiger charge is 2.24. The van der Waals surface area contributed by atoms with Crippen LogP contribution in [0.1, 0.15) is 46.4 Å². The second kappa shape index (κ2) is 7.60. The van der Waals surface area contributed by atoms with E-state index in [0.717, 1.165) is 25.7 Å². The Kier molecular flexibility index (Phi) is 5.03. The van der Waals surface area contributed by atoms with Gasteiger partial charge in [-0.05, 0) is 42.9 Å². The number of thiazole rings is 1. The predicted molar refractivity (Wildman–Crippen MR) is 101 cm³/mol. The number of benzene rings is 1. The Hall–Kier alpha value is -2.54. The molecule has 7 heteroatoms. The molecule has 140 valence electrons. The van der Waals surface area contributed by atoms with Crippen LogP contribution in [0.25, 0.3) is 0 Å². The van der Waals surface area contributed by atoms with Crippen molar-refractivity contribution in [2.24, 2.45) is 0 Å². The number of carbonyl (C=O) groups is 3. The SMILES string of the molecule is O=C(Cc1csc(N2CCCC2=O)n1)OCC(=O)c1ccc2c(c1)CCC2. The minimum atomic E-state index is -0.492. The van der Waals surface area contributed by atoms with Crippen LogP contribution in [-0.4, -0.2) is 35.8 Å². The number of hydrogen-bond acceptors (Lipinski definition) is 6. The van der Waals surface area contributed by atoms with Gasteiger partial charge in [-0.2, -0.15) is 0 Å². The molecule has 0 atom stereocenters. The maximum atomic E-state index is 12.3. The third kappa shape index (κ3) is 3.93. The van der Waals surface area contributed by atoms with Crippen LogP contribution in [0.15, 0.2) is 23.6 Å². The Morgan fingerprint density at radius 1 is 1.15 bits per heavy atom. The smallest absolute Gasteiger partial charge is 0.312 e. The molecule has 1 aliphatic carbocycles. The summed E-state index contributed by atoms with van der Waals surface area (Å²) in [6, 6.07) is 5.71. The summed E-state index contributed by atoms with van der Waals surface area (Å²) >= 11 is 1.34. The van der Waals surface area contributed by atoms with Gasteiger partial charge in [0.05, 0.1) is 12.1 Å². The van der Waals surface area contributed by atoms with Crippen LogP contribution in [0.3, 0.4) is 0 Å².